The van der Waals surface area contributed by atoms with Crippen molar-refractivity contribution in [2.45, 2.75) is 46.7 Å². The van der Waals surface area contributed by atoms with Gasteiger partial charge >= 0.3 is 0 Å². The molecule has 0 spiro atoms. The molecule has 0 unspecified atom stereocenters. The Morgan fingerprint density at radius 1 is 1.31 bits per heavy atom. The molecule has 8 heteroatoms. The molecule has 3 heterocycles. The second-order valence-electron chi connectivity index (χ2n) is 6.87. The van der Waals surface area contributed by atoms with Crippen LogP contribution in [0.1, 0.15) is 40.1 Å². The minimum absolute atomic E-state index is 0.0433. The van der Waals surface area contributed by atoms with Crippen molar-refractivity contribution < 1.29 is 18.8 Å². The lowest BCUT2D eigenvalue weighted by molar-refractivity contribution is -0.122. The summed E-state index contributed by atoms with van der Waals surface area (Å²) in [6, 6.07) is 1.81. The number of nitrogens with zero attached hydrogens (tertiary/aromatic N) is 3. The van der Waals surface area contributed by atoms with E-state index in [0.29, 0.717) is 36.6 Å². The number of rotatable bonds is 6. The van der Waals surface area contributed by atoms with E-state index in [0.717, 1.165) is 11.5 Å². The third-order valence-electron chi connectivity index (χ3n) is 4.71. The number of ether oxygens (including phenoxy) is 1. The van der Waals surface area contributed by atoms with E-state index in [1.54, 1.807) is 18.5 Å². The van der Waals surface area contributed by atoms with Gasteiger partial charge in [0.15, 0.2) is 5.78 Å². The van der Waals surface area contributed by atoms with Crippen LogP contribution in [0.25, 0.3) is 0 Å². The van der Waals surface area contributed by atoms with Crippen LogP contribution in [0.4, 0.5) is 0 Å². The summed E-state index contributed by atoms with van der Waals surface area (Å²) < 4.78 is 12.4. The largest absolute Gasteiger partial charge is 0.379 e. The van der Waals surface area contributed by atoms with Gasteiger partial charge in [-0.05, 0) is 27.7 Å². The lowest BCUT2D eigenvalue weighted by Gasteiger charge is -2.18. The number of aryl methyl sites for hydroxylation is 2. The second kappa shape index (κ2) is 7.41. The Morgan fingerprint density at radius 3 is 2.69 bits per heavy atom. The number of aromatic nitrogens is 3. The summed E-state index contributed by atoms with van der Waals surface area (Å²) in [6.07, 6.45) is 0.667. The van der Waals surface area contributed by atoms with Crippen LogP contribution in [0.3, 0.4) is 0 Å². The average Bonchev–Trinajstić information content (AvgIpc) is 3.22. The minimum Gasteiger partial charge on any atom is -0.379 e. The van der Waals surface area contributed by atoms with Gasteiger partial charge in [-0.15, -0.1) is 0 Å². The molecule has 1 N–H and O–H groups in total. The molecule has 2 atom stereocenters. The Hall–Kier alpha value is -2.48. The monoisotopic (exact) mass is 360 g/mol. The van der Waals surface area contributed by atoms with Crippen LogP contribution < -0.4 is 5.32 Å². The molecule has 8 nitrogen and oxygen atoms in total. The second-order valence-corrected chi connectivity index (χ2v) is 6.87. The number of Topliss-reactive ketones (excluding diaryl/α,β-unsaturated/α-hetero) is 1. The molecule has 0 aromatic carbocycles. The fourth-order valence-corrected chi connectivity index (χ4v) is 3.48. The van der Waals surface area contributed by atoms with E-state index in [1.165, 1.54) is 6.92 Å². The molecule has 2 aromatic heterocycles. The summed E-state index contributed by atoms with van der Waals surface area (Å²) in [6.45, 7) is 8.08. The molecule has 1 fully saturated rings. The van der Waals surface area contributed by atoms with Gasteiger partial charge < -0.3 is 14.6 Å². The molecule has 0 radical (unpaired) electrons. The Kier molecular flexibility index (Phi) is 5.22. The zero-order valence-electron chi connectivity index (χ0n) is 15.5. The number of amides is 1. The number of ketones is 1. The lowest BCUT2D eigenvalue weighted by atomic mass is 9.98. The highest BCUT2D eigenvalue weighted by molar-refractivity contribution is 5.96. The zero-order chi connectivity index (χ0) is 18.8. The van der Waals surface area contributed by atoms with Crippen molar-refractivity contribution in [3.05, 3.63) is 34.5 Å². The van der Waals surface area contributed by atoms with Gasteiger partial charge in [-0.1, -0.05) is 5.16 Å². The minimum atomic E-state index is -0.153. The predicted molar refractivity (Wildman–Crippen MR) is 92.9 cm³/mol. The van der Waals surface area contributed by atoms with Crippen molar-refractivity contribution in [3.63, 3.8) is 0 Å². The summed E-state index contributed by atoms with van der Waals surface area (Å²) in [5.74, 6) is 0.736. The molecular formula is C18H24N4O4. The number of carbonyl (C=O) groups is 2. The van der Waals surface area contributed by atoms with Gasteiger partial charge in [0.2, 0.25) is 5.91 Å². The molecule has 1 aliphatic heterocycles. The van der Waals surface area contributed by atoms with Gasteiger partial charge in [0, 0.05) is 24.1 Å². The van der Waals surface area contributed by atoms with Crippen molar-refractivity contribution >= 4 is 11.7 Å². The molecule has 26 heavy (non-hydrogen) atoms. The van der Waals surface area contributed by atoms with Crippen LogP contribution in [0, 0.1) is 26.7 Å². The summed E-state index contributed by atoms with van der Waals surface area (Å²) >= 11 is 0. The van der Waals surface area contributed by atoms with Crippen molar-refractivity contribution in [1.82, 2.24) is 20.3 Å². The quantitative estimate of drug-likeness (QED) is 0.781. The molecule has 0 saturated carbocycles. The topological polar surface area (TPSA) is 99.2 Å². The number of hydrogen-bond acceptors (Lipinski definition) is 6. The molecule has 140 valence electrons. The van der Waals surface area contributed by atoms with E-state index < -0.39 is 0 Å². The number of carbonyl (C=O) groups excluding carboxylic acids is 2. The maximum Gasteiger partial charge on any atom is 0.242 e. The van der Waals surface area contributed by atoms with Crippen LogP contribution >= 0.6 is 0 Å². The van der Waals surface area contributed by atoms with Crippen molar-refractivity contribution in [2.24, 2.45) is 5.92 Å². The first-order valence-electron chi connectivity index (χ1n) is 8.69. The first-order valence-corrected chi connectivity index (χ1v) is 8.69. The molecule has 3 rings (SSSR count). The Labute approximate surface area is 151 Å². The predicted octanol–water partition coefficient (Wildman–Crippen LogP) is 1.37. The molecule has 1 aliphatic rings. The lowest BCUT2D eigenvalue weighted by Crippen LogP contribution is -2.42. The molecular weight excluding hydrogens is 336 g/mol. The van der Waals surface area contributed by atoms with E-state index in [-0.39, 0.29) is 30.2 Å². The molecule has 0 bridgehead atoms. The number of nitrogens with one attached hydrogen (secondary N) is 1. The first-order chi connectivity index (χ1) is 12.3. The van der Waals surface area contributed by atoms with Crippen molar-refractivity contribution in [1.29, 1.82) is 0 Å². The van der Waals surface area contributed by atoms with Crippen LogP contribution in [0.15, 0.2) is 10.6 Å². The third-order valence-corrected chi connectivity index (χ3v) is 4.71. The highest BCUT2D eigenvalue weighted by Gasteiger charge is 2.31. The highest BCUT2D eigenvalue weighted by atomic mass is 16.5. The maximum atomic E-state index is 12.5. The maximum absolute atomic E-state index is 12.5. The van der Waals surface area contributed by atoms with Crippen LogP contribution in [-0.4, -0.2) is 45.9 Å². The van der Waals surface area contributed by atoms with E-state index in [1.807, 2.05) is 13.0 Å². The molecule has 1 saturated heterocycles. The number of hydrogen-bond donors (Lipinski definition) is 1. The molecule has 2 aromatic rings. The van der Waals surface area contributed by atoms with E-state index >= 15 is 0 Å². The summed E-state index contributed by atoms with van der Waals surface area (Å²) in [5.41, 5.74) is 2.78. The zero-order valence-corrected chi connectivity index (χ0v) is 15.5. The average molecular weight is 360 g/mol. The van der Waals surface area contributed by atoms with Crippen LogP contribution in [-0.2, 0) is 22.5 Å². The Morgan fingerprint density at radius 2 is 2.08 bits per heavy atom. The van der Waals surface area contributed by atoms with E-state index in [4.69, 9.17) is 9.26 Å². The van der Waals surface area contributed by atoms with Gasteiger partial charge in [-0.25, -0.2) is 0 Å². The highest BCUT2D eigenvalue weighted by Crippen LogP contribution is 2.20. The smallest absolute Gasteiger partial charge is 0.242 e. The molecule has 1 amide bonds. The normalized spacial score (nSPS) is 19.7. The van der Waals surface area contributed by atoms with Crippen molar-refractivity contribution in [2.75, 3.05) is 13.2 Å². The van der Waals surface area contributed by atoms with Gasteiger partial charge in [0.05, 0.1) is 36.2 Å². The fraction of sp³-hybridized carbons (Fsp3) is 0.556. The van der Waals surface area contributed by atoms with Gasteiger partial charge in [0.1, 0.15) is 12.3 Å². The Balaban J connectivity index is 1.62. The standard InChI is InChI=1S/C18H24N4O4/c1-10-5-15(26-21-10)6-14-8-25-9-16(14)19-17(24)7-22-12(3)18(13(4)23)11(2)20-22/h5,14,16H,6-9H2,1-4H3,(H,19,24)/t14-,16+/m1/s1. The summed E-state index contributed by atoms with van der Waals surface area (Å²) in [4.78, 5) is 24.2. The van der Waals surface area contributed by atoms with E-state index in [9.17, 15) is 9.59 Å². The van der Waals surface area contributed by atoms with Gasteiger partial charge in [0.25, 0.3) is 0 Å². The summed E-state index contributed by atoms with van der Waals surface area (Å²) in [5, 5.41) is 11.2. The van der Waals surface area contributed by atoms with Gasteiger partial charge in [-0.2, -0.15) is 5.10 Å². The Bertz CT molecular complexity index is 823. The van der Waals surface area contributed by atoms with Crippen LogP contribution in [0.2, 0.25) is 0 Å². The van der Waals surface area contributed by atoms with Gasteiger partial charge in [-0.3, -0.25) is 14.3 Å². The van der Waals surface area contributed by atoms with Crippen molar-refractivity contribution in [3.8, 4) is 0 Å². The SMILES string of the molecule is CC(=O)c1c(C)nn(CC(=O)N[C@H]2COC[C@H]2Cc2cc(C)no2)c1C. The van der Waals surface area contributed by atoms with Crippen LogP contribution in [0.5, 0.6) is 0 Å². The first kappa shape index (κ1) is 18.3. The van der Waals surface area contributed by atoms with E-state index in [2.05, 4.69) is 15.6 Å². The molecule has 0 aliphatic carbocycles. The third kappa shape index (κ3) is 3.85. The fourth-order valence-electron chi connectivity index (χ4n) is 3.48. The summed E-state index contributed by atoms with van der Waals surface area (Å²) in [7, 11) is 0.